The van der Waals surface area contributed by atoms with Crippen LogP contribution in [0.5, 0.6) is 0 Å². The summed E-state index contributed by atoms with van der Waals surface area (Å²) in [6, 6.07) is 9.40. The van der Waals surface area contributed by atoms with Crippen molar-refractivity contribution in [3.05, 3.63) is 46.7 Å². The summed E-state index contributed by atoms with van der Waals surface area (Å²) in [5.74, 6) is 0.0904. The maximum absolute atomic E-state index is 12.4. The van der Waals surface area contributed by atoms with Gasteiger partial charge in [-0.25, -0.2) is 4.79 Å². The van der Waals surface area contributed by atoms with Crippen LogP contribution in [-0.4, -0.2) is 34.5 Å². The van der Waals surface area contributed by atoms with Gasteiger partial charge in [-0.05, 0) is 24.3 Å². The van der Waals surface area contributed by atoms with Crippen LogP contribution in [0, 0.1) is 5.92 Å². The van der Waals surface area contributed by atoms with E-state index in [0.29, 0.717) is 47.5 Å². The number of hydrogen-bond acceptors (Lipinski definition) is 2. The van der Waals surface area contributed by atoms with Crippen LogP contribution in [0.3, 0.4) is 0 Å². The van der Waals surface area contributed by atoms with Crippen molar-refractivity contribution in [2.45, 2.75) is 25.9 Å². The first-order chi connectivity index (χ1) is 12.6. The lowest BCUT2D eigenvalue weighted by atomic mass is 10.0. The molecule has 3 amide bonds. The number of rotatable bonds is 4. The highest BCUT2D eigenvalue weighted by atomic mass is 35.5. The fourth-order valence-corrected chi connectivity index (χ4v) is 3.88. The molecule has 26 heavy (non-hydrogen) atoms. The van der Waals surface area contributed by atoms with Gasteiger partial charge in [0.1, 0.15) is 5.15 Å². The number of carbonyl (C=O) groups excluding carboxylic acids is 2. The van der Waals surface area contributed by atoms with E-state index in [0.717, 1.165) is 12.1 Å². The molecule has 0 radical (unpaired) electrons. The Bertz CT molecular complexity index is 858. The highest BCUT2D eigenvalue weighted by Gasteiger charge is 2.32. The molecule has 6 nitrogen and oxygen atoms in total. The third-order valence-electron chi connectivity index (χ3n) is 5.08. The van der Waals surface area contributed by atoms with Crippen molar-refractivity contribution >= 4 is 23.5 Å². The summed E-state index contributed by atoms with van der Waals surface area (Å²) in [6.45, 7) is 2.12. The van der Waals surface area contributed by atoms with Crippen molar-refractivity contribution in [1.82, 2.24) is 14.8 Å². The van der Waals surface area contributed by atoms with E-state index in [1.165, 1.54) is 12.8 Å². The zero-order valence-electron chi connectivity index (χ0n) is 14.4. The van der Waals surface area contributed by atoms with Crippen molar-refractivity contribution < 1.29 is 9.59 Å². The predicted octanol–water partition coefficient (Wildman–Crippen LogP) is 2.84. The molecule has 0 spiro atoms. The molecule has 2 aliphatic rings. The summed E-state index contributed by atoms with van der Waals surface area (Å²) in [5, 5.41) is 3.47. The van der Waals surface area contributed by atoms with Crippen molar-refractivity contribution in [2.75, 3.05) is 13.1 Å². The van der Waals surface area contributed by atoms with E-state index < -0.39 is 5.91 Å². The molecule has 2 aromatic rings. The van der Waals surface area contributed by atoms with Crippen molar-refractivity contribution in [3.8, 4) is 11.1 Å². The Labute approximate surface area is 156 Å². The molecule has 0 bridgehead atoms. The summed E-state index contributed by atoms with van der Waals surface area (Å²) < 4.78 is 1.90. The van der Waals surface area contributed by atoms with Gasteiger partial charge in [-0.1, -0.05) is 41.9 Å². The Morgan fingerprint density at radius 3 is 2.58 bits per heavy atom. The SMILES string of the molecule is NC(=O)c1c(-c2ccccc2)c(Cl)n2c1CN(C(=O)NCC1CC1)CC2. The summed E-state index contributed by atoms with van der Waals surface area (Å²) in [5.41, 5.74) is 8.29. The van der Waals surface area contributed by atoms with Crippen molar-refractivity contribution in [1.29, 1.82) is 0 Å². The lowest BCUT2D eigenvalue weighted by Crippen LogP contribution is -2.45. The average Bonchev–Trinajstić information content (AvgIpc) is 3.43. The molecule has 0 unspecified atom stereocenters. The summed E-state index contributed by atoms with van der Waals surface area (Å²) in [4.78, 5) is 26.4. The molecule has 1 saturated carbocycles. The molecule has 0 saturated heterocycles. The molecule has 4 rings (SSSR count). The molecule has 1 aromatic heterocycles. The monoisotopic (exact) mass is 372 g/mol. The molecule has 7 heteroatoms. The maximum Gasteiger partial charge on any atom is 0.317 e. The molecule has 1 aromatic carbocycles. The van der Waals surface area contributed by atoms with E-state index in [9.17, 15) is 9.59 Å². The fourth-order valence-electron chi connectivity index (χ4n) is 3.49. The number of hydrogen-bond donors (Lipinski definition) is 2. The maximum atomic E-state index is 12.4. The topological polar surface area (TPSA) is 80.4 Å². The molecule has 1 aliphatic heterocycles. The molecule has 1 fully saturated rings. The zero-order chi connectivity index (χ0) is 18.3. The van der Waals surface area contributed by atoms with Crippen LogP contribution in [0.2, 0.25) is 5.15 Å². The number of fused-ring (bicyclic) bond motifs is 1. The van der Waals surface area contributed by atoms with Gasteiger partial charge < -0.3 is 20.5 Å². The van der Waals surface area contributed by atoms with Gasteiger partial charge in [-0.3, -0.25) is 4.79 Å². The quantitative estimate of drug-likeness (QED) is 0.865. The number of carbonyl (C=O) groups is 2. The van der Waals surface area contributed by atoms with E-state index >= 15 is 0 Å². The summed E-state index contributed by atoms with van der Waals surface area (Å²) in [6.07, 6.45) is 2.37. The first-order valence-electron chi connectivity index (χ1n) is 8.85. The third-order valence-corrected chi connectivity index (χ3v) is 5.47. The van der Waals surface area contributed by atoms with E-state index in [-0.39, 0.29) is 6.03 Å². The van der Waals surface area contributed by atoms with Gasteiger partial charge in [0.2, 0.25) is 0 Å². The van der Waals surface area contributed by atoms with E-state index in [1.807, 2.05) is 34.9 Å². The minimum atomic E-state index is -0.528. The number of aromatic nitrogens is 1. The Morgan fingerprint density at radius 1 is 1.19 bits per heavy atom. The van der Waals surface area contributed by atoms with Crippen molar-refractivity contribution in [2.24, 2.45) is 11.7 Å². The van der Waals surface area contributed by atoms with Gasteiger partial charge in [-0.15, -0.1) is 0 Å². The molecule has 3 N–H and O–H groups in total. The highest BCUT2D eigenvalue weighted by Crippen LogP contribution is 2.38. The van der Waals surface area contributed by atoms with Gasteiger partial charge in [0, 0.05) is 25.2 Å². The molecular weight excluding hydrogens is 352 g/mol. The molecule has 136 valence electrons. The Morgan fingerprint density at radius 2 is 1.92 bits per heavy atom. The largest absolute Gasteiger partial charge is 0.366 e. The van der Waals surface area contributed by atoms with Crippen molar-refractivity contribution in [3.63, 3.8) is 0 Å². The number of halogens is 1. The first kappa shape index (κ1) is 17.0. The van der Waals surface area contributed by atoms with Crippen LogP contribution in [0.25, 0.3) is 11.1 Å². The Balaban J connectivity index is 1.67. The van der Waals surface area contributed by atoms with Crippen LogP contribution in [0.1, 0.15) is 28.9 Å². The number of amides is 3. The number of benzene rings is 1. The second-order valence-electron chi connectivity index (χ2n) is 6.92. The number of urea groups is 1. The molecule has 0 atom stereocenters. The number of nitrogens with two attached hydrogens (primary N) is 1. The lowest BCUT2D eigenvalue weighted by molar-refractivity contribution is 0.0997. The first-order valence-corrected chi connectivity index (χ1v) is 9.23. The zero-order valence-corrected chi connectivity index (χ0v) is 15.1. The number of nitrogens with zero attached hydrogens (tertiary/aromatic N) is 2. The van der Waals surface area contributed by atoms with Gasteiger partial charge in [0.25, 0.3) is 5.91 Å². The number of primary amides is 1. The molecule has 2 heterocycles. The minimum absolute atomic E-state index is 0.0999. The van der Waals surface area contributed by atoms with Gasteiger partial charge in [-0.2, -0.15) is 0 Å². The standard InChI is InChI=1S/C19H21ClN4O2/c20-17-15(13-4-2-1-3-5-13)16(18(21)25)14-11-23(8-9-24(14)17)19(26)22-10-12-6-7-12/h1-5,12H,6-11H2,(H2,21,25)(H,22,26). The van der Waals surface area contributed by atoms with Gasteiger partial charge in [0.15, 0.2) is 0 Å². The summed E-state index contributed by atoms with van der Waals surface area (Å²) >= 11 is 6.60. The average molecular weight is 373 g/mol. The number of nitrogens with one attached hydrogen (secondary N) is 1. The van der Waals surface area contributed by atoms with E-state index in [4.69, 9.17) is 17.3 Å². The second kappa shape index (κ2) is 6.68. The third kappa shape index (κ3) is 3.05. The van der Waals surface area contributed by atoms with Crippen LogP contribution in [-0.2, 0) is 13.1 Å². The minimum Gasteiger partial charge on any atom is -0.366 e. The van der Waals surface area contributed by atoms with Crippen LogP contribution < -0.4 is 11.1 Å². The lowest BCUT2D eigenvalue weighted by Gasteiger charge is -2.29. The van der Waals surface area contributed by atoms with Crippen LogP contribution in [0.4, 0.5) is 4.79 Å². The fraction of sp³-hybridized carbons (Fsp3) is 0.368. The van der Waals surface area contributed by atoms with E-state index in [2.05, 4.69) is 5.32 Å². The Hall–Kier alpha value is -2.47. The molecular formula is C19H21ClN4O2. The van der Waals surface area contributed by atoms with Crippen LogP contribution >= 0.6 is 11.6 Å². The highest BCUT2D eigenvalue weighted by molar-refractivity contribution is 6.33. The van der Waals surface area contributed by atoms with Crippen LogP contribution in [0.15, 0.2) is 30.3 Å². The predicted molar refractivity (Wildman–Crippen MR) is 99.9 cm³/mol. The second-order valence-corrected chi connectivity index (χ2v) is 7.28. The molecule has 1 aliphatic carbocycles. The van der Waals surface area contributed by atoms with Gasteiger partial charge in [0.05, 0.1) is 17.8 Å². The summed E-state index contributed by atoms with van der Waals surface area (Å²) in [7, 11) is 0. The van der Waals surface area contributed by atoms with E-state index in [1.54, 1.807) is 4.90 Å². The Kier molecular flexibility index (Phi) is 4.36. The van der Waals surface area contributed by atoms with Gasteiger partial charge >= 0.3 is 6.03 Å². The normalized spacial score (nSPS) is 16.3. The smallest absolute Gasteiger partial charge is 0.317 e.